The highest BCUT2D eigenvalue weighted by Gasteiger charge is 2.34. The number of hydrogen-bond donors (Lipinski definition) is 2. The lowest BCUT2D eigenvalue weighted by Crippen LogP contribution is -2.49. The highest BCUT2D eigenvalue weighted by Crippen LogP contribution is 2.31. The van der Waals surface area contributed by atoms with E-state index in [-0.39, 0.29) is 18.3 Å². The summed E-state index contributed by atoms with van der Waals surface area (Å²) >= 11 is 18.1. The van der Waals surface area contributed by atoms with Crippen LogP contribution in [0.2, 0.25) is 0 Å². The predicted octanol–water partition coefficient (Wildman–Crippen LogP) is 5.11. The van der Waals surface area contributed by atoms with Crippen molar-refractivity contribution in [3.63, 3.8) is 0 Å². The standard InChI is InChI=1S/C21H23Cl3N2O3/c1-2-3-13-29-19(28)16-9-11-17(12-10-16)25-20(21(22,23)24)26-18(27)14-15-7-5-4-6-8-15/h4-12,20,25H,2-3,13-14H2,1H3,(H,26,27)/t20-/m0/s1. The van der Waals surface area contributed by atoms with E-state index >= 15 is 0 Å². The van der Waals surface area contributed by atoms with Crippen LogP contribution in [0.5, 0.6) is 0 Å². The minimum atomic E-state index is -1.79. The van der Waals surface area contributed by atoms with Crippen molar-refractivity contribution in [3.8, 4) is 0 Å². The second kappa shape index (κ2) is 11.3. The van der Waals surface area contributed by atoms with Gasteiger partial charge in [-0.2, -0.15) is 0 Å². The van der Waals surface area contributed by atoms with Gasteiger partial charge in [0.25, 0.3) is 0 Å². The summed E-state index contributed by atoms with van der Waals surface area (Å²) in [6.45, 7) is 2.41. The summed E-state index contributed by atoms with van der Waals surface area (Å²) in [5, 5.41) is 5.66. The first-order valence-corrected chi connectivity index (χ1v) is 10.4. The van der Waals surface area contributed by atoms with Gasteiger partial charge in [-0.15, -0.1) is 0 Å². The van der Waals surface area contributed by atoms with Crippen molar-refractivity contribution in [1.29, 1.82) is 0 Å². The lowest BCUT2D eigenvalue weighted by Gasteiger charge is -2.27. The van der Waals surface area contributed by atoms with E-state index in [1.165, 1.54) is 0 Å². The van der Waals surface area contributed by atoms with E-state index in [1.807, 2.05) is 37.3 Å². The van der Waals surface area contributed by atoms with Gasteiger partial charge < -0.3 is 15.4 Å². The second-order valence-corrected chi connectivity index (χ2v) is 8.78. The Hall–Kier alpha value is -1.95. The Bertz CT molecular complexity index is 793. The normalized spacial score (nSPS) is 12.1. The molecule has 156 valence electrons. The molecule has 0 unspecified atom stereocenters. The summed E-state index contributed by atoms with van der Waals surface area (Å²) in [4.78, 5) is 24.3. The fourth-order valence-electron chi connectivity index (χ4n) is 2.45. The lowest BCUT2D eigenvalue weighted by atomic mass is 10.1. The molecule has 2 rings (SSSR count). The molecule has 0 heterocycles. The molecule has 0 saturated heterocycles. The Kier molecular flexibility index (Phi) is 9.08. The van der Waals surface area contributed by atoms with Crippen molar-refractivity contribution < 1.29 is 14.3 Å². The van der Waals surface area contributed by atoms with Crippen molar-refractivity contribution in [2.45, 2.75) is 36.1 Å². The van der Waals surface area contributed by atoms with E-state index in [4.69, 9.17) is 39.5 Å². The van der Waals surface area contributed by atoms with Crippen LogP contribution in [0.1, 0.15) is 35.7 Å². The van der Waals surface area contributed by atoms with Crippen LogP contribution >= 0.6 is 34.8 Å². The number of carbonyl (C=O) groups excluding carboxylic acids is 2. The number of esters is 1. The Morgan fingerprint density at radius 3 is 2.28 bits per heavy atom. The molecule has 5 nitrogen and oxygen atoms in total. The molecule has 2 N–H and O–H groups in total. The Morgan fingerprint density at radius 2 is 1.69 bits per heavy atom. The van der Waals surface area contributed by atoms with Crippen molar-refractivity contribution in [2.24, 2.45) is 0 Å². The number of carbonyl (C=O) groups is 2. The molecule has 0 saturated carbocycles. The number of unbranched alkanes of at least 4 members (excludes halogenated alkanes) is 1. The van der Waals surface area contributed by atoms with Crippen LogP contribution in [0, 0.1) is 0 Å². The lowest BCUT2D eigenvalue weighted by molar-refractivity contribution is -0.120. The van der Waals surface area contributed by atoms with Gasteiger partial charge in [0.05, 0.1) is 18.6 Å². The fraction of sp³-hybridized carbons (Fsp3) is 0.333. The first-order chi connectivity index (χ1) is 13.8. The third kappa shape index (κ3) is 8.13. The molecule has 0 spiro atoms. The van der Waals surface area contributed by atoms with E-state index in [0.717, 1.165) is 18.4 Å². The average molecular weight is 458 g/mol. The number of rotatable bonds is 9. The van der Waals surface area contributed by atoms with Crippen molar-refractivity contribution in [1.82, 2.24) is 5.32 Å². The molecule has 0 aliphatic heterocycles. The summed E-state index contributed by atoms with van der Waals surface area (Å²) in [5.74, 6) is -0.685. The SMILES string of the molecule is CCCCOC(=O)c1ccc(N[C@@H](NC(=O)Cc2ccccc2)C(Cl)(Cl)Cl)cc1. The van der Waals surface area contributed by atoms with E-state index in [1.54, 1.807) is 24.3 Å². The number of nitrogens with one attached hydrogen (secondary N) is 2. The Balaban J connectivity index is 1.99. The van der Waals surface area contributed by atoms with Crippen LogP contribution in [0.25, 0.3) is 0 Å². The maximum absolute atomic E-state index is 12.3. The molecule has 0 fully saturated rings. The highest BCUT2D eigenvalue weighted by atomic mass is 35.6. The third-order valence-electron chi connectivity index (χ3n) is 4.00. The van der Waals surface area contributed by atoms with Gasteiger partial charge in [0, 0.05) is 5.69 Å². The van der Waals surface area contributed by atoms with Crippen LogP contribution in [-0.4, -0.2) is 28.4 Å². The van der Waals surface area contributed by atoms with Gasteiger partial charge in [0.15, 0.2) is 0 Å². The van der Waals surface area contributed by atoms with Gasteiger partial charge >= 0.3 is 5.97 Å². The zero-order chi connectivity index (χ0) is 21.3. The maximum Gasteiger partial charge on any atom is 0.338 e. The molecule has 1 atom stereocenters. The van der Waals surface area contributed by atoms with Gasteiger partial charge in [0.2, 0.25) is 9.70 Å². The average Bonchev–Trinajstić information content (AvgIpc) is 2.68. The Morgan fingerprint density at radius 1 is 1.03 bits per heavy atom. The zero-order valence-electron chi connectivity index (χ0n) is 16.0. The van der Waals surface area contributed by atoms with Gasteiger partial charge in [-0.25, -0.2) is 4.79 Å². The van der Waals surface area contributed by atoms with Gasteiger partial charge in [-0.05, 0) is 36.2 Å². The van der Waals surface area contributed by atoms with E-state index in [2.05, 4.69) is 10.6 Å². The van der Waals surface area contributed by atoms with Crippen molar-refractivity contribution >= 4 is 52.4 Å². The molecular formula is C21H23Cl3N2O3. The highest BCUT2D eigenvalue weighted by molar-refractivity contribution is 6.68. The summed E-state index contributed by atoms with van der Waals surface area (Å²) in [6.07, 6.45) is 0.956. The van der Waals surface area contributed by atoms with Crippen LogP contribution in [0.15, 0.2) is 54.6 Å². The number of benzene rings is 2. The zero-order valence-corrected chi connectivity index (χ0v) is 18.2. The topological polar surface area (TPSA) is 67.4 Å². The largest absolute Gasteiger partial charge is 0.462 e. The van der Waals surface area contributed by atoms with E-state index in [0.29, 0.717) is 17.9 Å². The molecule has 29 heavy (non-hydrogen) atoms. The second-order valence-electron chi connectivity index (χ2n) is 6.42. The number of ether oxygens (including phenoxy) is 1. The monoisotopic (exact) mass is 456 g/mol. The molecule has 0 aliphatic carbocycles. The summed E-state index contributed by atoms with van der Waals surface area (Å²) < 4.78 is 3.39. The first-order valence-electron chi connectivity index (χ1n) is 9.23. The third-order valence-corrected chi connectivity index (χ3v) is 4.66. The van der Waals surface area contributed by atoms with Crippen molar-refractivity contribution in [3.05, 3.63) is 65.7 Å². The molecule has 0 radical (unpaired) electrons. The molecule has 0 aromatic heterocycles. The molecule has 2 aromatic carbocycles. The number of anilines is 1. The number of halogens is 3. The smallest absolute Gasteiger partial charge is 0.338 e. The summed E-state index contributed by atoms with van der Waals surface area (Å²) in [6, 6.07) is 15.8. The fourth-order valence-corrected chi connectivity index (χ4v) is 2.78. The molecule has 8 heteroatoms. The Labute approximate surface area is 185 Å². The molecule has 0 aliphatic rings. The molecular weight excluding hydrogens is 435 g/mol. The summed E-state index contributed by atoms with van der Waals surface area (Å²) in [7, 11) is 0. The van der Waals surface area contributed by atoms with Crippen LogP contribution in [-0.2, 0) is 16.0 Å². The number of amides is 1. The minimum Gasteiger partial charge on any atom is -0.462 e. The van der Waals surface area contributed by atoms with E-state index < -0.39 is 9.96 Å². The van der Waals surface area contributed by atoms with Gasteiger partial charge in [-0.3, -0.25) is 4.79 Å². The molecule has 0 bridgehead atoms. The van der Waals surface area contributed by atoms with Gasteiger partial charge in [-0.1, -0.05) is 78.5 Å². The first kappa shape index (κ1) is 23.3. The molecule has 2 aromatic rings. The van der Waals surface area contributed by atoms with Crippen LogP contribution < -0.4 is 10.6 Å². The number of alkyl halides is 3. The molecule has 1 amide bonds. The summed E-state index contributed by atoms with van der Waals surface area (Å²) in [5.41, 5.74) is 1.84. The maximum atomic E-state index is 12.3. The van der Waals surface area contributed by atoms with E-state index in [9.17, 15) is 9.59 Å². The van der Waals surface area contributed by atoms with Gasteiger partial charge in [0.1, 0.15) is 6.17 Å². The predicted molar refractivity (Wildman–Crippen MR) is 118 cm³/mol. The quantitative estimate of drug-likeness (QED) is 0.238. The number of hydrogen-bond acceptors (Lipinski definition) is 4. The van der Waals surface area contributed by atoms with Crippen molar-refractivity contribution in [2.75, 3.05) is 11.9 Å². The van der Waals surface area contributed by atoms with Crippen LogP contribution in [0.3, 0.4) is 0 Å². The minimum absolute atomic E-state index is 0.155. The van der Waals surface area contributed by atoms with Crippen LogP contribution in [0.4, 0.5) is 5.69 Å².